The fourth-order valence-electron chi connectivity index (χ4n) is 1.85. The fraction of sp³-hybridized carbons (Fsp3) is 0.0667. The van der Waals surface area contributed by atoms with E-state index in [-0.39, 0.29) is 11.6 Å². The van der Waals surface area contributed by atoms with E-state index in [2.05, 4.69) is 4.99 Å². The molecule has 1 aromatic carbocycles. The van der Waals surface area contributed by atoms with E-state index in [1.807, 2.05) is 12.1 Å². The number of benzene rings is 1. The number of carbonyl (C=O) groups excluding carboxylic acids is 1. The van der Waals surface area contributed by atoms with E-state index in [0.717, 1.165) is 0 Å². The number of furan rings is 1. The number of methoxy groups -OCH3 is 1. The predicted octanol–water partition coefficient (Wildman–Crippen LogP) is 2.63. The zero-order chi connectivity index (χ0) is 13.9. The number of hydrogen-bond donors (Lipinski definition) is 0. The summed E-state index contributed by atoms with van der Waals surface area (Å²) in [6.45, 7) is 0. The number of aliphatic imine (C=N–C) groups is 1. The summed E-state index contributed by atoms with van der Waals surface area (Å²) < 4.78 is 15.5. The molecular formula is C15H11NO4. The van der Waals surface area contributed by atoms with Crippen LogP contribution in [0.15, 0.2) is 57.8 Å². The molecule has 20 heavy (non-hydrogen) atoms. The lowest BCUT2D eigenvalue weighted by Crippen LogP contribution is -2.06. The minimum absolute atomic E-state index is 0.195. The van der Waals surface area contributed by atoms with Gasteiger partial charge in [0.2, 0.25) is 5.90 Å². The summed E-state index contributed by atoms with van der Waals surface area (Å²) in [6, 6.07) is 10.7. The average Bonchev–Trinajstić information content (AvgIpc) is 3.10. The summed E-state index contributed by atoms with van der Waals surface area (Å²) in [4.78, 5) is 16.0. The molecule has 5 heteroatoms. The van der Waals surface area contributed by atoms with Crippen molar-refractivity contribution in [3.05, 3.63) is 59.7 Å². The van der Waals surface area contributed by atoms with Crippen LogP contribution in [0.4, 0.5) is 0 Å². The van der Waals surface area contributed by atoms with Crippen molar-refractivity contribution in [3.63, 3.8) is 0 Å². The molecule has 0 bridgehead atoms. The number of nitrogens with zero attached hydrogens (tertiary/aromatic N) is 1. The number of rotatable bonds is 3. The van der Waals surface area contributed by atoms with Crippen LogP contribution in [0, 0.1) is 0 Å². The van der Waals surface area contributed by atoms with Crippen LogP contribution in [0.3, 0.4) is 0 Å². The third-order valence-electron chi connectivity index (χ3n) is 2.78. The number of ether oxygens (including phenoxy) is 2. The van der Waals surface area contributed by atoms with Gasteiger partial charge in [-0.15, -0.1) is 0 Å². The van der Waals surface area contributed by atoms with E-state index < -0.39 is 5.97 Å². The quantitative estimate of drug-likeness (QED) is 0.634. The smallest absolute Gasteiger partial charge is 0.363 e. The normalized spacial score (nSPS) is 16.1. The highest BCUT2D eigenvalue weighted by molar-refractivity contribution is 6.13. The number of esters is 1. The number of para-hydroxylation sites is 1. The molecule has 0 atom stereocenters. The van der Waals surface area contributed by atoms with Gasteiger partial charge in [-0.2, -0.15) is 0 Å². The lowest BCUT2D eigenvalue weighted by atomic mass is 10.2. The Balaban J connectivity index is 1.98. The van der Waals surface area contributed by atoms with Gasteiger partial charge in [-0.25, -0.2) is 9.79 Å². The molecule has 100 valence electrons. The Hall–Kier alpha value is -2.82. The van der Waals surface area contributed by atoms with E-state index in [1.54, 1.807) is 31.4 Å². The van der Waals surface area contributed by atoms with Crippen LogP contribution in [-0.2, 0) is 9.53 Å². The fourth-order valence-corrected chi connectivity index (χ4v) is 1.85. The van der Waals surface area contributed by atoms with Crippen molar-refractivity contribution in [2.75, 3.05) is 7.11 Å². The molecule has 0 aliphatic carbocycles. The number of carbonyl (C=O) groups is 1. The zero-order valence-electron chi connectivity index (χ0n) is 10.7. The molecule has 1 aromatic heterocycles. The first-order chi connectivity index (χ1) is 9.78. The Kier molecular flexibility index (Phi) is 3.09. The highest BCUT2D eigenvalue weighted by Crippen LogP contribution is 2.24. The second-order valence-electron chi connectivity index (χ2n) is 4.05. The zero-order valence-corrected chi connectivity index (χ0v) is 10.7. The predicted molar refractivity (Wildman–Crippen MR) is 72.3 cm³/mol. The maximum atomic E-state index is 11.8. The third kappa shape index (κ3) is 2.21. The summed E-state index contributed by atoms with van der Waals surface area (Å²) >= 11 is 0. The maximum Gasteiger partial charge on any atom is 0.363 e. The SMILES string of the molecule is COc1ccccc1C1=N/C(=C/c2ccco2)C(=O)O1. The Morgan fingerprint density at radius 1 is 1.20 bits per heavy atom. The van der Waals surface area contributed by atoms with Crippen molar-refractivity contribution in [3.8, 4) is 5.75 Å². The molecule has 0 radical (unpaired) electrons. The molecular weight excluding hydrogens is 258 g/mol. The summed E-state index contributed by atoms with van der Waals surface area (Å²) in [5, 5.41) is 0. The van der Waals surface area contributed by atoms with Gasteiger partial charge >= 0.3 is 5.97 Å². The second kappa shape index (κ2) is 5.05. The Morgan fingerprint density at radius 3 is 2.80 bits per heavy atom. The third-order valence-corrected chi connectivity index (χ3v) is 2.78. The van der Waals surface area contributed by atoms with Crippen LogP contribution < -0.4 is 4.74 Å². The van der Waals surface area contributed by atoms with Gasteiger partial charge in [-0.3, -0.25) is 0 Å². The molecule has 0 N–H and O–H groups in total. The van der Waals surface area contributed by atoms with Crippen LogP contribution in [0.2, 0.25) is 0 Å². The molecule has 1 aliphatic heterocycles. The first-order valence-electron chi connectivity index (χ1n) is 5.97. The van der Waals surface area contributed by atoms with E-state index in [1.165, 1.54) is 12.3 Å². The van der Waals surface area contributed by atoms with Crippen molar-refractivity contribution in [2.24, 2.45) is 4.99 Å². The minimum Gasteiger partial charge on any atom is -0.496 e. The minimum atomic E-state index is -0.512. The molecule has 5 nitrogen and oxygen atoms in total. The van der Waals surface area contributed by atoms with E-state index >= 15 is 0 Å². The molecule has 0 amide bonds. The molecule has 0 saturated heterocycles. The molecule has 0 spiro atoms. The topological polar surface area (TPSA) is 61.0 Å². The largest absolute Gasteiger partial charge is 0.496 e. The van der Waals surface area contributed by atoms with Crippen LogP contribution in [-0.4, -0.2) is 19.0 Å². The van der Waals surface area contributed by atoms with E-state index in [0.29, 0.717) is 17.1 Å². The van der Waals surface area contributed by atoms with Gasteiger partial charge in [0.1, 0.15) is 11.5 Å². The number of hydrogen-bond acceptors (Lipinski definition) is 5. The van der Waals surface area contributed by atoms with Crippen molar-refractivity contribution in [1.29, 1.82) is 0 Å². The van der Waals surface area contributed by atoms with Crippen LogP contribution in [0.1, 0.15) is 11.3 Å². The first kappa shape index (κ1) is 12.2. The van der Waals surface area contributed by atoms with Gasteiger partial charge in [-0.1, -0.05) is 12.1 Å². The van der Waals surface area contributed by atoms with Gasteiger partial charge in [-0.05, 0) is 24.3 Å². The second-order valence-corrected chi connectivity index (χ2v) is 4.05. The summed E-state index contributed by atoms with van der Waals surface area (Å²) in [5.41, 5.74) is 0.826. The van der Waals surface area contributed by atoms with Crippen LogP contribution in [0.25, 0.3) is 6.08 Å². The Labute approximate surface area is 115 Å². The molecule has 3 rings (SSSR count). The van der Waals surface area contributed by atoms with E-state index in [4.69, 9.17) is 13.9 Å². The van der Waals surface area contributed by atoms with Gasteiger partial charge in [0.05, 0.1) is 18.9 Å². The van der Waals surface area contributed by atoms with Gasteiger partial charge < -0.3 is 13.9 Å². The molecule has 0 unspecified atom stereocenters. The van der Waals surface area contributed by atoms with Gasteiger partial charge in [0.25, 0.3) is 0 Å². The van der Waals surface area contributed by atoms with Crippen LogP contribution in [0.5, 0.6) is 5.75 Å². The summed E-state index contributed by atoms with van der Waals surface area (Å²) in [7, 11) is 1.55. The Morgan fingerprint density at radius 2 is 2.05 bits per heavy atom. The monoisotopic (exact) mass is 269 g/mol. The molecule has 0 saturated carbocycles. The summed E-state index contributed by atoms with van der Waals surface area (Å²) in [6.07, 6.45) is 3.06. The van der Waals surface area contributed by atoms with Crippen molar-refractivity contribution in [2.45, 2.75) is 0 Å². The molecule has 2 heterocycles. The van der Waals surface area contributed by atoms with Crippen molar-refractivity contribution in [1.82, 2.24) is 0 Å². The van der Waals surface area contributed by atoms with Crippen LogP contribution >= 0.6 is 0 Å². The molecule has 1 aliphatic rings. The standard InChI is InChI=1S/C15H11NO4/c1-18-13-7-3-2-6-11(13)14-16-12(15(17)20-14)9-10-5-4-8-19-10/h2-9H,1H3/b12-9+. The molecule has 0 fully saturated rings. The van der Waals surface area contributed by atoms with Crippen molar-refractivity contribution < 1.29 is 18.7 Å². The van der Waals surface area contributed by atoms with E-state index in [9.17, 15) is 4.79 Å². The van der Waals surface area contributed by atoms with Crippen molar-refractivity contribution >= 4 is 17.9 Å². The van der Waals surface area contributed by atoms with Gasteiger partial charge in [0, 0.05) is 6.08 Å². The lowest BCUT2D eigenvalue weighted by Gasteiger charge is -2.05. The average molecular weight is 269 g/mol. The highest BCUT2D eigenvalue weighted by atomic mass is 16.6. The maximum absolute atomic E-state index is 11.8. The lowest BCUT2D eigenvalue weighted by molar-refractivity contribution is -0.129. The summed E-state index contributed by atoms with van der Waals surface area (Å²) in [5.74, 6) is 0.854. The number of cyclic esters (lactones) is 1. The molecule has 2 aromatic rings. The first-order valence-corrected chi connectivity index (χ1v) is 5.97. The highest BCUT2D eigenvalue weighted by Gasteiger charge is 2.26. The Bertz CT molecular complexity index is 698. The van der Waals surface area contributed by atoms with Gasteiger partial charge in [0.15, 0.2) is 5.70 Å².